The molecule has 18 heavy (non-hydrogen) atoms. The van der Waals surface area contributed by atoms with Gasteiger partial charge in [-0.2, -0.15) is 0 Å². The number of ketones is 2. The molecule has 0 fully saturated rings. The van der Waals surface area contributed by atoms with Gasteiger partial charge in [-0.05, 0) is 41.7 Å². The third kappa shape index (κ3) is 1.61. The number of hydrogen-bond donors (Lipinski definition) is 2. The second kappa shape index (κ2) is 3.98. The number of fused-ring (bicyclic) bond motifs is 1. The van der Waals surface area contributed by atoms with Crippen molar-refractivity contribution >= 4 is 17.1 Å². The molecule has 4 nitrogen and oxygen atoms in total. The Morgan fingerprint density at radius 3 is 2.28 bits per heavy atom. The predicted octanol–water partition coefficient (Wildman–Crippen LogP) is 2.21. The maximum atomic E-state index is 11.8. The Kier molecular flexibility index (Phi) is 2.73. The van der Waals surface area contributed by atoms with Crippen LogP contribution in [-0.4, -0.2) is 21.8 Å². The number of phenols is 2. The second-order valence-corrected chi connectivity index (χ2v) is 4.76. The van der Waals surface area contributed by atoms with E-state index in [0.29, 0.717) is 16.7 Å². The molecule has 94 valence electrons. The fraction of sp³-hybridized carbons (Fsp3) is 0.286. The standard InChI is InChI=1S/C14H14O4/c1-6(2)8-5-10(15)13(17)11-9(8)4-7(3)12(16)14(11)18/h4-6,16,18H,1-3H3. The van der Waals surface area contributed by atoms with Crippen LogP contribution >= 0.6 is 0 Å². The summed E-state index contributed by atoms with van der Waals surface area (Å²) in [6, 6.07) is 1.63. The van der Waals surface area contributed by atoms with E-state index in [1.807, 2.05) is 13.8 Å². The van der Waals surface area contributed by atoms with Crippen LogP contribution in [0.3, 0.4) is 0 Å². The van der Waals surface area contributed by atoms with Crippen molar-refractivity contribution in [2.75, 3.05) is 0 Å². The van der Waals surface area contributed by atoms with Gasteiger partial charge < -0.3 is 10.2 Å². The number of aryl methyl sites for hydroxylation is 1. The van der Waals surface area contributed by atoms with Crippen LogP contribution in [-0.2, 0) is 4.79 Å². The van der Waals surface area contributed by atoms with Crippen molar-refractivity contribution in [3.8, 4) is 11.5 Å². The Balaban J connectivity index is 2.83. The van der Waals surface area contributed by atoms with Crippen molar-refractivity contribution in [1.29, 1.82) is 0 Å². The number of carbonyl (C=O) groups is 2. The summed E-state index contributed by atoms with van der Waals surface area (Å²) in [4.78, 5) is 23.4. The first-order chi connectivity index (χ1) is 8.34. The van der Waals surface area contributed by atoms with E-state index in [1.165, 1.54) is 6.08 Å². The molecule has 0 saturated carbocycles. The van der Waals surface area contributed by atoms with E-state index in [-0.39, 0.29) is 17.2 Å². The van der Waals surface area contributed by atoms with Crippen molar-refractivity contribution in [2.45, 2.75) is 20.8 Å². The van der Waals surface area contributed by atoms with Crippen molar-refractivity contribution in [3.63, 3.8) is 0 Å². The molecule has 2 rings (SSSR count). The molecule has 0 spiro atoms. The maximum Gasteiger partial charge on any atom is 0.237 e. The van der Waals surface area contributed by atoms with E-state index < -0.39 is 17.3 Å². The first-order valence-corrected chi connectivity index (χ1v) is 5.70. The number of aromatic hydroxyl groups is 2. The molecule has 0 aromatic heterocycles. The molecular weight excluding hydrogens is 232 g/mol. The summed E-state index contributed by atoms with van der Waals surface area (Å²) in [6.45, 7) is 5.43. The van der Waals surface area contributed by atoms with Crippen LogP contribution in [0.5, 0.6) is 11.5 Å². The van der Waals surface area contributed by atoms with Gasteiger partial charge in [0.15, 0.2) is 11.5 Å². The number of carbonyl (C=O) groups excluding carboxylic acids is 2. The minimum atomic E-state index is -0.776. The van der Waals surface area contributed by atoms with Gasteiger partial charge in [0, 0.05) is 0 Å². The third-order valence-corrected chi connectivity index (χ3v) is 3.14. The largest absolute Gasteiger partial charge is 0.504 e. The molecule has 0 heterocycles. The van der Waals surface area contributed by atoms with Crippen molar-refractivity contribution in [3.05, 3.63) is 28.8 Å². The topological polar surface area (TPSA) is 74.6 Å². The molecule has 1 aliphatic rings. The summed E-state index contributed by atoms with van der Waals surface area (Å²) in [7, 11) is 0. The van der Waals surface area contributed by atoms with Crippen molar-refractivity contribution in [1.82, 2.24) is 0 Å². The summed E-state index contributed by atoms with van der Waals surface area (Å²) < 4.78 is 0. The molecule has 1 aliphatic carbocycles. The minimum absolute atomic E-state index is 0.0455. The summed E-state index contributed by atoms with van der Waals surface area (Å²) in [5, 5.41) is 19.5. The monoisotopic (exact) mass is 246 g/mol. The molecule has 0 unspecified atom stereocenters. The first-order valence-electron chi connectivity index (χ1n) is 5.70. The number of rotatable bonds is 1. The van der Waals surface area contributed by atoms with Gasteiger partial charge >= 0.3 is 0 Å². The first kappa shape index (κ1) is 12.4. The van der Waals surface area contributed by atoms with E-state index in [0.717, 1.165) is 0 Å². The number of benzene rings is 1. The molecule has 0 radical (unpaired) electrons. The molecule has 4 heteroatoms. The maximum absolute atomic E-state index is 11.8. The molecule has 0 bridgehead atoms. The fourth-order valence-electron chi connectivity index (χ4n) is 2.13. The normalized spacial score (nSPS) is 14.8. The highest BCUT2D eigenvalue weighted by atomic mass is 16.3. The summed E-state index contributed by atoms with van der Waals surface area (Å²) in [5.74, 6) is -2.24. The fourth-order valence-corrected chi connectivity index (χ4v) is 2.13. The third-order valence-electron chi connectivity index (χ3n) is 3.14. The lowest BCUT2D eigenvalue weighted by Crippen LogP contribution is -2.20. The van der Waals surface area contributed by atoms with Gasteiger partial charge in [-0.1, -0.05) is 13.8 Å². The molecule has 0 aliphatic heterocycles. The van der Waals surface area contributed by atoms with Gasteiger partial charge in [0.1, 0.15) is 0 Å². The Morgan fingerprint density at radius 2 is 1.72 bits per heavy atom. The molecule has 1 aromatic rings. The highest BCUT2D eigenvalue weighted by Crippen LogP contribution is 2.41. The number of allylic oxidation sites excluding steroid dienone is 2. The van der Waals surface area contributed by atoms with Crippen LogP contribution in [0, 0.1) is 12.8 Å². The van der Waals surface area contributed by atoms with E-state index in [2.05, 4.69) is 0 Å². The Morgan fingerprint density at radius 1 is 1.11 bits per heavy atom. The summed E-state index contributed by atoms with van der Waals surface area (Å²) >= 11 is 0. The zero-order valence-electron chi connectivity index (χ0n) is 10.4. The van der Waals surface area contributed by atoms with Crippen LogP contribution < -0.4 is 0 Å². The molecular formula is C14H14O4. The smallest absolute Gasteiger partial charge is 0.237 e. The average Bonchev–Trinajstić information content (AvgIpc) is 2.30. The SMILES string of the molecule is Cc1cc2c(c(O)c1O)C(=O)C(=O)C=C2C(C)C. The van der Waals surface area contributed by atoms with Gasteiger partial charge in [-0.25, -0.2) is 0 Å². The van der Waals surface area contributed by atoms with Crippen LogP contribution in [0.25, 0.3) is 5.57 Å². The minimum Gasteiger partial charge on any atom is -0.504 e. The molecule has 2 N–H and O–H groups in total. The van der Waals surface area contributed by atoms with E-state index in [4.69, 9.17) is 0 Å². The zero-order chi connectivity index (χ0) is 13.6. The van der Waals surface area contributed by atoms with Crippen LogP contribution in [0.4, 0.5) is 0 Å². The zero-order valence-corrected chi connectivity index (χ0v) is 10.4. The molecule has 0 amide bonds. The van der Waals surface area contributed by atoms with Crippen LogP contribution in [0.15, 0.2) is 12.1 Å². The van der Waals surface area contributed by atoms with Gasteiger partial charge in [-0.15, -0.1) is 0 Å². The average molecular weight is 246 g/mol. The van der Waals surface area contributed by atoms with Crippen LogP contribution in [0.1, 0.15) is 35.3 Å². The van der Waals surface area contributed by atoms with Crippen LogP contribution in [0.2, 0.25) is 0 Å². The molecule has 0 atom stereocenters. The Labute approximate surface area is 105 Å². The number of phenolic OH excluding ortho intramolecular Hbond substituents is 2. The molecule has 0 saturated heterocycles. The number of Topliss-reactive ketones (excluding diaryl/α,β-unsaturated/α-hetero) is 1. The number of hydrogen-bond acceptors (Lipinski definition) is 4. The quantitative estimate of drug-likeness (QED) is 0.588. The summed E-state index contributed by atoms with van der Waals surface area (Å²) in [5.41, 5.74) is 1.62. The Bertz CT molecular complexity index is 594. The summed E-state index contributed by atoms with van der Waals surface area (Å²) in [6.07, 6.45) is 1.31. The van der Waals surface area contributed by atoms with E-state index in [1.54, 1.807) is 13.0 Å². The highest BCUT2D eigenvalue weighted by Gasteiger charge is 2.31. The van der Waals surface area contributed by atoms with Crippen molar-refractivity contribution < 1.29 is 19.8 Å². The molecule has 1 aromatic carbocycles. The van der Waals surface area contributed by atoms with Gasteiger partial charge in [0.25, 0.3) is 0 Å². The van der Waals surface area contributed by atoms with Gasteiger partial charge in [-0.3, -0.25) is 9.59 Å². The van der Waals surface area contributed by atoms with E-state index in [9.17, 15) is 19.8 Å². The van der Waals surface area contributed by atoms with E-state index >= 15 is 0 Å². The Hall–Kier alpha value is -2.10. The second-order valence-electron chi connectivity index (χ2n) is 4.76. The van der Waals surface area contributed by atoms with Gasteiger partial charge in [0.05, 0.1) is 5.56 Å². The lowest BCUT2D eigenvalue weighted by atomic mass is 9.82. The lowest BCUT2D eigenvalue weighted by molar-refractivity contribution is -0.111. The van der Waals surface area contributed by atoms with Gasteiger partial charge in [0.2, 0.25) is 11.6 Å². The highest BCUT2D eigenvalue weighted by molar-refractivity contribution is 6.51. The van der Waals surface area contributed by atoms with Crippen molar-refractivity contribution in [2.24, 2.45) is 5.92 Å². The predicted molar refractivity (Wildman–Crippen MR) is 66.7 cm³/mol. The lowest BCUT2D eigenvalue weighted by Gasteiger charge is -2.21.